The molecule has 0 radical (unpaired) electrons. The van der Waals surface area contributed by atoms with E-state index in [4.69, 9.17) is 9.47 Å². The molecular formula is C25H22N4O3S. The molecule has 33 heavy (non-hydrogen) atoms. The predicted molar refractivity (Wildman–Crippen MR) is 129 cm³/mol. The topological polar surface area (TPSA) is 89.2 Å². The molecule has 0 fully saturated rings. The van der Waals surface area contributed by atoms with Gasteiger partial charge in [0.2, 0.25) is 0 Å². The molecule has 166 valence electrons. The Morgan fingerprint density at radius 3 is 2.73 bits per heavy atom. The maximum Gasteiger partial charge on any atom is 0.268 e. The van der Waals surface area contributed by atoms with Gasteiger partial charge in [-0.25, -0.2) is 4.98 Å². The summed E-state index contributed by atoms with van der Waals surface area (Å²) in [5.74, 6) is 1.11. The number of thiazole rings is 1. The van der Waals surface area contributed by atoms with E-state index in [0.29, 0.717) is 11.7 Å². The van der Waals surface area contributed by atoms with Crippen LogP contribution in [0.3, 0.4) is 0 Å². The summed E-state index contributed by atoms with van der Waals surface area (Å²) < 4.78 is 13.1. The quantitative estimate of drug-likeness (QED) is 0.214. The number of anilines is 1. The minimum Gasteiger partial charge on any atom is -0.497 e. The maximum absolute atomic E-state index is 12.5. The molecule has 2 heterocycles. The van der Waals surface area contributed by atoms with Crippen LogP contribution in [0.5, 0.6) is 11.5 Å². The molecule has 0 atom stereocenters. The molecule has 0 aliphatic rings. The van der Waals surface area contributed by atoms with Crippen LogP contribution < -0.4 is 14.8 Å². The van der Waals surface area contributed by atoms with E-state index < -0.39 is 5.91 Å². The average Bonchev–Trinajstić information content (AvgIpc) is 3.48. The van der Waals surface area contributed by atoms with E-state index in [1.807, 2.05) is 60.8 Å². The number of aryl methyl sites for hydroxylation is 1. The molecule has 0 aliphatic heterocycles. The number of carbonyl (C=O) groups is 1. The predicted octanol–water partition coefficient (Wildman–Crippen LogP) is 5.12. The minimum absolute atomic E-state index is 0.0240. The second-order valence-corrected chi connectivity index (χ2v) is 8.03. The fraction of sp³-hybridized carbons (Fsp3) is 0.160. The summed E-state index contributed by atoms with van der Waals surface area (Å²) in [7, 11) is 1.63. The molecule has 0 saturated heterocycles. The first-order chi connectivity index (χ1) is 16.2. The second-order valence-electron chi connectivity index (χ2n) is 7.13. The van der Waals surface area contributed by atoms with Crippen LogP contribution in [0, 0.1) is 11.3 Å². The van der Waals surface area contributed by atoms with Gasteiger partial charge in [0.05, 0.1) is 13.7 Å². The van der Waals surface area contributed by atoms with Crippen molar-refractivity contribution < 1.29 is 14.3 Å². The van der Waals surface area contributed by atoms with Crippen molar-refractivity contribution in [1.29, 1.82) is 5.26 Å². The van der Waals surface area contributed by atoms with Gasteiger partial charge in [-0.1, -0.05) is 18.2 Å². The highest BCUT2D eigenvalue weighted by Crippen LogP contribution is 2.25. The van der Waals surface area contributed by atoms with Gasteiger partial charge in [0.1, 0.15) is 23.1 Å². The Morgan fingerprint density at radius 1 is 1.21 bits per heavy atom. The summed E-state index contributed by atoms with van der Waals surface area (Å²) >= 11 is 1.30. The summed E-state index contributed by atoms with van der Waals surface area (Å²) in [4.78, 5) is 16.5. The fourth-order valence-corrected chi connectivity index (χ4v) is 3.95. The first-order valence-electron chi connectivity index (χ1n) is 10.4. The van der Waals surface area contributed by atoms with Gasteiger partial charge >= 0.3 is 0 Å². The Balaban J connectivity index is 1.46. The average molecular weight is 459 g/mol. The van der Waals surface area contributed by atoms with Gasteiger partial charge in [0.15, 0.2) is 5.13 Å². The Kier molecular flexibility index (Phi) is 7.03. The Bertz CT molecular complexity index is 1300. The number of nitrogens with one attached hydrogen (secondary N) is 1. The first-order valence-corrected chi connectivity index (χ1v) is 11.2. The van der Waals surface area contributed by atoms with E-state index in [9.17, 15) is 10.1 Å². The van der Waals surface area contributed by atoms with Crippen molar-refractivity contribution >= 4 is 39.4 Å². The van der Waals surface area contributed by atoms with E-state index in [0.717, 1.165) is 40.9 Å². The van der Waals surface area contributed by atoms with Crippen LogP contribution in [-0.4, -0.2) is 29.2 Å². The van der Waals surface area contributed by atoms with E-state index in [2.05, 4.69) is 14.9 Å². The standard InChI is InChI=1S/C25H22N4O3S/c1-31-20-7-9-21(10-8-20)32-13-4-12-29-17-19(22-5-2-3-6-23(22)29)15-18(16-26)24(30)28-25-27-11-14-33-25/h2-3,5-11,14-15,17H,4,12-13H2,1H3,(H,27,28,30)/b18-15-. The number of amides is 1. The van der Waals surface area contributed by atoms with Gasteiger partial charge in [-0.3, -0.25) is 10.1 Å². The van der Waals surface area contributed by atoms with Crippen molar-refractivity contribution in [2.45, 2.75) is 13.0 Å². The van der Waals surface area contributed by atoms with E-state index >= 15 is 0 Å². The van der Waals surface area contributed by atoms with Crippen molar-refractivity contribution in [3.8, 4) is 17.6 Å². The molecule has 0 unspecified atom stereocenters. The number of fused-ring (bicyclic) bond motifs is 1. The van der Waals surface area contributed by atoms with Gasteiger partial charge in [0, 0.05) is 40.8 Å². The van der Waals surface area contributed by atoms with E-state index in [-0.39, 0.29) is 5.57 Å². The fourth-order valence-electron chi connectivity index (χ4n) is 3.43. The zero-order chi connectivity index (χ0) is 23.0. The normalized spacial score (nSPS) is 11.2. The number of benzene rings is 2. The third kappa shape index (κ3) is 5.40. The summed E-state index contributed by atoms with van der Waals surface area (Å²) in [6, 6.07) is 17.4. The summed E-state index contributed by atoms with van der Waals surface area (Å²) in [5, 5.41) is 15.4. The van der Waals surface area contributed by atoms with Crippen LogP contribution in [0.1, 0.15) is 12.0 Å². The van der Waals surface area contributed by atoms with Crippen LogP contribution in [-0.2, 0) is 11.3 Å². The lowest BCUT2D eigenvalue weighted by Crippen LogP contribution is -2.13. The highest BCUT2D eigenvalue weighted by atomic mass is 32.1. The lowest BCUT2D eigenvalue weighted by Gasteiger charge is -2.08. The molecule has 2 aromatic heterocycles. The molecule has 0 aliphatic carbocycles. The smallest absolute Gasteiger partial charge is 0.268 e. The molecule has 0 saturated carbocycles. The molecule has 8 heteroatoms. The van der Waals surface area contributed by atoms with Gasteiger partial charge in [0.25, 0.3) is 5.91 Å². The molecule has 4 aromatic rings. The molecule has 1 N–H and O–H groups in total. The van der Waals surface area contributed by atoms with Crippen LogP contribution in [0.25, 0.3) is 17.0 Å². The molecule has 4 rings (SSSR count). The highest BCUT2D eigenvalue weighted by Gasteiger charge is 2.13. The van der Waals surface area contributed by atoms with E-state index in [1.165, 1.54) is 11.3 Å². The largest absolute Gasteiger partial charge is 0.497 e. The zero-order valence-electron chi connectivity index (χ0n) is 18.0. The van der Waals surface area contributed by atoms with E-state index in [1.54, 1.807) is 24.8 Å². The number of ether oxygens (including phenoxy) is 2. The number of nitrogens with zero attached hydrogens (tertiary/aromatic N) is 3. The number of methoxy groups -OCH3 is 1. The number of aromatic nitrogens is 2. The van der Waals surface area contributed by atoms with Crippen molar-refractivity contribution in [3.63, 3.8) is 0 Å². The summed E-state index contributed by atoms with van der Waals surface area (Å²) in [6.07, 6.45) is 5.98. The number of nitriles is 1. The van der Waals surface area contributed by atoms with Crippen molar-refractivity contribution in [1.82, 2.24) is 9.55 Å². The lowest BCUT2D eigenvalue weighted by molar-refractivity contribution is -0.112. The lowest BCUT2D eigenvalue weighted by atomic mass is 10.1. The highest BCUT2D eigenvalue weighted by molar-refractivity contribution is 7.13. The first kappa shape index (κ1) is 22.1. The number of hydrogen-bond donors (Lipinski definition) is 1. The Hall–Kier alpha value is -4.09. The second kappa shape index (κ2) is 10.5. The third-order valence-corrected chi connectivity index (χ3v) is 5.70. The molecule has 7 nitrogen and oxygen atoms in total. The Labute approximate surface area is 195 Å². The number of carbonyl (C=O) groups excluding carboxylic acids is 1. The molecule has 0 spiro atoms. The Morgan fingerprint density at radius 2 is 2.00 bits per heavy atom. The van der Waals surface area contributed by atoms with Gasteiger partial charge in [-0.15, -0.1) is 11.3 Å². The van der Waals surface area contributed by atoms with Gasteiger partial charge < -0.3 is 14.0 Å². The van der Waals surface area contributed by atoms with Crippen LogP contribution in [0.15, 0.2) is 71.9 Å². The van der Waals surface area contributed by atoms with Crippen LogP contribution in [0.4, 0.5) is 5.13 Å². The maximum atomic E-state index is 12.5. The molecule has 1 amide bonds. The van der Waals surface area contributed by atoms with Crippen LogP contribution >= 0.6 is 11.3 Å². The van der Waals surface area contributed by atoms with Crippen molar-refractivity contribution in [2.75, 3.05) is 19.0 Å². The SMILES string of the molecule is COc1ccc(OCCCn2cc(/C=C(/C#N)C(=O)Nc3nccs3)c3ccccc32)cc1. The van der Waals surface area contributed by atoms with Crippen LogP contribution in [0.2, 0.25) is 0 Å². The van der Waals surface area contributed by atoms with Crippen molar-refractivity contribution in [2.24, 2.45) is 0 Å². The zero-order valence-corrected chi connectivity index (χ0v) is 18.8. The number of hydrogen-bond acceptors (Lipinski definition) is 6. The van der Waals surface area contributed by atoms with Gasteiger partial charge in [-0.05, 0) is 42.8 Å². The number of rotatable bonds is 9. The monoisotopic (exact) mass is 458 g/mol. The van der Waals surface area contributed by atoms with Gasteiger partial charge in [-0.2, -0.15) is 5.26 Å². The molecule has 2 aromatic carbocycles. The summed E-state index contributed by atoms with van der Waals surface area (Å²) in [6.45, 7) is 1.29. The third-order valence-electron chi connectivity index (χ3n) is 5.01. The van der Waals surface area contributed by atoms with Crippen molar-refractivity contribution in [3.05, 3.63) is 77.4 Å². The molecular weight excluding hydrogens is 436 g/mol. The summed E-state index contributed by atoms with van der Waals surface area (Å²) in [5.41, 5.74) is 1.87. The number of para-hydroxylation sites is 1. The molecule has 0 bridgehead atoms. The minimum atomic E-state index is -0.475.